The Hall–Kier alpha value is -0.320. The Bertz CT molecular complexity index is 257. The standard InChI is InChI=1S/C9H14N2S2/c1-8(5-12)3-11(2)4-9-6-13-7-10-9/h6-7,12H,1,3-5H2,2H3. The number of thiol groups is 1. The van der Waals surface area contributed by atoms with Gasteiger partial charge in [-0.05, 0) is 7.05 Å². The van der Waals surface area contributed by atoms with Crippen LogP contribution in [0.5, 0.6) is 0 Å². The molecule has 13 heavy (non-hydrogen) atoms. The summed E-state index contributed by atoms with van der Waals surface area (Å²) in [6.07, 6.45) is 0. The fourth-order valence-corrected chi connectivity index (χ4v) is 1.73. The number of nitrogens with zero attached hydrogens (tertiary/aromatic N) is 2. The van der Waals surface area contributed by atoms with Crippen LogP contribution in [0.25, 0.3) is 0 Å². The molecule has 0 spiro atoms. The molecular formula is C9H14N2S2. The number of hydrogen-bond acceptors (Lipinski definition) is 4. The minimum atomic E-state index is 0.751. The summed E-state index contributed by atoms with van der Waals surface area (Å²) in [5.74, 6) is 0.751. The van der Waals surface area contributed by atoms with Gasteiger partial charge >= 0.3 is 0 Å². The normalized spacial score (nSPS) is 10.7. The maximum Gasteiger partial charge on any atom is 0.0795 e. The van der Waals surface area contributed by atoms with Gasteiger partial charge < -0.3 is 0 Å². The van der Waals surface area contributed by atoms with Crippen molar-refractivity contribution in [2.45, 2.75) is 6.54 Å². The highest BCUT2D eigenvalue weighted by Gasteiger charge is 2.02. The van der Waals surface area contributed by atoms with Crippen molar-refractivity contribution in [3.05, 3.63) is 28.7 Å². The van der Waals surface area contributed by atoms with E-state index in [0.29, 0.717) is 0 Å². The van der Waals surface area contributed by atoms with Gasteiger partial charge in [0.25, 0.3) is 0 Å². The molecule has 72 valence electrons. The van der Waals surface area contributed by atoms with Gasteiger partial charge in [0, 0.05) is 24.2 Å². The summed E-state index contributed by atoms with van der Waals surface area (Å²) < 4.78 is 0. The molecule has 1 aromatic rings. The first-order valence-electron chi connectivity index (χ1n) is 4.05. The van der Waals surface area contributed by atoms with Crippen molar-refractivity contribution in [2.75, 3.05) is 19.3 Å². The van der Waals surface area contributed by atoms with E-state index in [0.717, 1.165) is 30.1 Å². The first-order valence-corrected chi connectivity index (χ1v) is 5.63. The van der Waals surface area contributed by atoms with E-state index < -0.39 is 0 Å². The fraction of sp³-hybridized carbons (Fsp3) is 0.444. The molecule has 0 bridgehead atoms. The number of hydrogen-bond donors (Lipinski definition) is 1. The van der Waals surface area contributed by atoms with Gasteiger partial charge in [-0.15, -0.1) is 11.3 Å². The molecule has 0 N–H and O–H groups in total. The molecule has 0 aliphatic rings. The lowest BCUT2D eigenvalue weighted by Crippen LogP contribution is -2.20. The van der Waals surface area contributed by atoms with Gasteiger partial charge in [-0.25, -0.2) is 4.98 Å². The van der Waals surface area contributed by atoms with E-state index in [9.17, 15) is 0 Å². The largest absolute Gasteiger partial charge is 0.297 e. The molecule has 4 heteroatoms. The molecule has 0 radical (unpaired) electrons. The van der Waals surface area contributed by atoms with Crippen molar-refractivity contribution < 1.29 is 0 Å². The van der Waals surface area contributed by atoms with Crippen molar-refractivity contribution in [1.29, 1.82) is 0 Å². The Balaban J connectivity index is 2.33. The average molecular weight is 214 g/mol. The van der Waals surface area contributed by atoms with E-state index in [1.165, 1.54) is 0 Å². The Labute approximate surface area is 88.7 Å². The third kappa shape index (κ3) is 3.93. The van der Waals surface area contributed by atoms with E-state index in [-0.39, 0.29) is 0 Å². The number of likely N-dealkylation sites (N-methyl/N-ethyl adjacent to an activating group) is 1. The van der Waals surface area contributed by atoms with Crippen LogP contribution < -0.4 is 0 Å². The van der Waals surface area contributed by atoms with Crippen molar-refractivity contribution in [1.82, 2.24) is 9.88 Å². The van der Waals surface area contributed by atoms with Gasteiger partial charge in [-0.3, -0.25) is 4.90 Å². The van der Waals surface area contributed by atoms with Crippen LogP contribution in [0.3, 0.4) is 0 Å². The summed E-state index contributed by atoms with van der Waals surface area (Å²) in [4.78, 5) is 6.41. The van der Waals surface area contributed by atoms with Crippen LogP contribution in [0.15, 0.2) is 23.0 Å². The van der Waals surface area contributed by atoms with Gasteiger partial charge in [0.15, 0.2) is 0 Å². The Kier molecular flexibility index (Phi) is 4.48. The second kappa shape index (κ2) is 5.42. The van der Waals surface area contributed by atoms with E-state index in [2.05, 4.69) is 41.5 Å². The summed E-state index contributed by atoms with van der Waals surface area (Å²) in [5.41, 5.74) is 4.12. The molecule has 2 nitrogen and oxygen atoms in total. The second-order valence-corrected chi connectivity index (χ2v) is 4.10. The van der Waals surface area contributed by atoms with Crippen molar-refractivity contribution in [2.24, 2.45) is 0 Å². The molecule has 0 amide bonds. The van der Waals surface area contributed by atoms with Crippen molar-refractivity contribution in [3.63, 3.8) is 0 Å². The summed E-state index contributed by atoms with van der Waals surface area (Å²) in [5, 5.41) is 2.07. The molecule has 0 aromatic carbocycles. The monoisotopic (exact) mass is 214 g/mol. The number of aromatic nitrogens is 1. The van der Waals surface area contributed by atoms with E-state index in [1.54, 1.807) is 11.3 Å². The molecular weight excluding hydrogens is 200 g/mol. The van der Waals surface area contributed by atoms with Gasteiger partial charge in [-0.2, -0.15) is 12.6 Å². The van der Waals surface area contributed by atoms with E-state index in [1.807, 2.05) is 5.51 Å². The molecule has 0 saturated carbocycles. The summed E-state index contributed by atoms with van der Waals surface area (Å²) in [6, 6.07) is 0. The highest BCUT2D eigenvalue weighted by molar-refractivity contribution is 7.80. The minimum Gasteiger partial charge on any atom is -0.297 e. The zero-order chi connectivity index (χ0) is 9.68. The zero-order valence-corrected chi connectivity index (χ0v) is 9.44. The second-order valence-electron chi connectivity index (χ2n) is 3.06. The Morgan fingerprint density at radius 3 is 3.08 bits per heavy atom. The van der Waals surface area contributed by atoms with Crippen LogP contribution >= 0.6 is 24.0 Å². The maximum absolute atomic E-state index is 4.22. The zero-order valence-electron chi connectivity index (χ0n) is 7.73. The topological polar surface area (TPSA) is 16.1 Å². The van der Waals surface area contributed by atoms with Crippen LogP contribution in [0, 0.1) is 0 Å². The lowest BCUT2D eigenvalue weighted by molar-refractivity contribution is 0.352. The SMILES string of the molecule is C=C(CS)CN(C)Cc1cscn1. The van der Waals surface area contributed by atoms with Crippen molar-refractivity contribution >= 4 is 24.0 Å². The van der Waals surface area contributed by atoms with Crippen LogP contribution in [-0.4, -0.2) is 29.2 Å². The average Bonchev–Trinajstić information content (AvgIpc) is 2.56. The first kappa shape index (κ1) is 10.8. The number of thiazole rings is 1. The van der Waals surface area contributed by atoms with Gasteiger partial charge in [0.1, 0.15) is 0 Å². The third-order valence-corrected chi connectivity index (χ3v) is 2.72. The maximum atomic E-state index is 4.22. The lowest BCUT2D eigenvalue weighted by atomic mass is 10.3. The van der Waals surface area contributed by atoms with E-state index in [4.69, 9.17) is 0 Å². The molecule has 0 unspecified atom stereocenters. The Morgan fingerprint density at radius 1 is 1.77 bits per heavy atom. The molecule has 0 atom stereocenters. The van der Waals surface area contributed by atoms with Gasteiger partial charge in [-0.1, -0.05) is 12.2 Å². The highest BCUT2D eigenvalue weighted by atomic mass is 32.1. The van der Waals surface area contributed by atoms with Crippen LogP contribution in [0.1, 0.15) is 5.69 Å². The summed E-state index contributed by atoms with van der Waals surface area (Å²) >= 11 is 5.80. The van der Waals surface area contributed by atoms with Crippen LogP contribution in [0.4, 0.5) is 0 Å². The molecule has 1 heterocycles. The molecule has 0 fully saturated rings. The molecule has 1 rings (SSSR count). The first-order chi connectivity index (χ1) is 6.22. The fourth-order valence-electron chi connectivity index (χ4n) is 1.08. The Morgan fingerprint density at radius 2 is 2.54 bits per heavy atom. The smallest absolute Gasteiger partial charge is 0.0795 e. The highest BCUT2D eigenvalue weighted by Crippen LogP contribution is 2.05. The third-order valence-electron chi connectivity index (χ3n) is 1.63. The molecule has 0 saturated heterocycles. The molecule has 1 aromatic heterocycles. The van der Waals surface area contributed by atoms with Gasteiger partial charge in [0.05, 0.1) is 11.2 Å². The molecule has 0 aliphatic heterocycles. The van der Waals surface area contributed by atoms with E-state index >= 15 is 0 Å². The lowest BCUT2D eigenvalue weighted by Gasteiger charge is -2.15. The molecule has 0 aliphatic carbocycles. The van der Waals surface area contributed by atoms with Crippen LogP contribution in [-0.2, 0) is 6.54 Å². The van der Waals surface area contributed by atoms with Crippen molar-refractivity contribution in [3.8, 4) is 0 Å². The summed E-state index contributed by atoms with van der Waals surface area (Å²) in [7, 11) is 2.06. The quantitative estimate of drug-likeness (QED) is 0.596. The van der Waals surface area contributed by atoms with Gasteiger partial charge in [0.2, 0.25) is 0 Å². The number of rotatable bonds is 5. The predicted octanol–water partition coefficient (Wildman–Crippen LogP) is 2.06. The predicted molar refractivity (Wildman–Crippen MR) is 61.4 cm³/mol. The minimum absolute atomic E-state index is 0.751. The van der Waals surface area contributed by atoms with Crippen LogP contribution in [0.2, 0.25) is 0 Å². The summed E-state index contributed by atoms with van der Waals surface area (Å²) in [6.45, 7) is 5.68.